The number of halogens is 1. The SMILES string of the molecule is O=C(NC1CCC(CCN2CCC(Oc3ccc(F)cc3)CC2)CC1)C1CCOCC1. The molecule has 1 amide bonds. The number of hydrogen-bond acceptors (Lipinski definition) is 4. The molecule has 1 aromatic carbocycles. The van der Waals surface area contributed by atoms with Crippen molar-refractivity contribution < 1.29 is 18.7 Å². The minimum absolute atomic E-state index is 0.154. The molecule has 5 nitrogen and oxygen atoms in total. The van der Waals surface area contributed by atoms with Crippen LogP contribution in [0.5, 0.6) is 5.75 Å². The van der Waals surface area contributed by atoms with E-state index in [9.17, 15) is 9.18 Å². The van der Waals surface area contributed by atoms with E-state index in [-0.39, 0.29) is 23.7 Å². The average molecular weight is 433 g/mol. The molecule has 0 unspecified atom stereocenters. The van der Waals surface area contributed by atoms with Gasteiger partial charge >= 0.3 is 0 Å². The van der Waals surface area contributed by atoms with Crippen LogP contribution < -0.4 is 10.1 Å². The van der Waals surface area contributed by atoms with Crippen LogP contribution in [0.2, 0.25) is 0 Å². The molecule has 4 rings (SSSR count). The van der Waals surface area contributed by atoms with Crippen LogP contribution in [0, 0.1) is 17.7 Å². The highest BCUT2D eigenvalue weighted by atomic mass is 19.1. The van der Waals surface area contributed by atoms with Crippen LogP contribution in [-0.4, -0.2) is 55.8 Å². The zero-order valence-corrected chi connectivity index (χ0v) is 18.6. The Kier molecular flexibility index (Phi) is 8.20. The number of carbonyl (C=O) groups excluding carboxylic acids is 1. The van der Waals surface area contributed by atoms with Gasteiger partial charge in [0, 0.05) is 38.3 Å². The van der Waals surface area contributed by atoms with Crippen molar-refractivity contribution in [2.45, 2.75) is 69.9 Å². The molecule has 172 valence electrons. The van der Waals surface area contributed by atoms with E-state index in [0.717, 1.165) is 83.0 Å². The first-order valence-corrected chi connectivity index (χ1v) is 12.2. The Morgan fingerprint density at radius 1 is 1.00 bits per heavy atom. The van der Waals surface area contributed by atoms with Gasteiger partial charge < -0.3 is 19.7 Å². The summed E-state index contributed by atoms with van der Waals surface area (Å²) >= 11 is 0. The molecule has 0 radical (unpaired) electrons. The van der Waals surface area contributed by atoms with Gasteiger partial charge in [-0.05, 0) is 94.5 Å². The largest absolute Gasteiger partial charge is 0.490 e. The molecule has 0 bridgehead atoms. The van der Waals surface area contributed by atoms with Gasteiger partial charge in [0.05, 0.1) is 0 Å². The van der Waals surface area contributed by atoms with Gasteiger partial charge in [-0.25, -0.2) is 4.39 Å². The predicted molar refractivity (Wildman–Crippen MR) is 119 cm³/mol. The maximum atomic E-state index is 13.0. The summed E-state index contributed by atoms with van der Waals surface area (Å²) in [5.41, 5.74) is 0. The number of nitrogens with one attached hydrogen (secondary N) is 1. The lowest BCUT2D eigenvalue weighted by molar-refractivity contribution is -0.128. The highest BCUT2D eigenvalue weighted by Gasteiger charge is 2.27. The van der Waals surface area contributed by atoms with E-state index in [1.54, 1.807) is 12.1 Å². The fourth-order valence-electron chi connectivity index (χ4n) is 5.20. The molecule has 2 heterocycles. The highest BCUT2D eigenvalue weighted by Crippen LogP contribution is 2.28. The summed E-state index contributed by atoms with van der Waals surface area (Å²) in [4.78, 5) is 15.0. The van der Waals surface area contributed by atoms with Gasteiger partial charge in [-0.1, -0.05) is 0 Å². The molecule has 3 fully saturated rings. The van der Waals surface area contributed by atoms with Crippen LogP contribution in [0.25, 0.3) is 0 Å². The summed E-state index contributed by atoms with van der Waals surface area (Å²) in [5.74, 6) is 1.72. The van der Waals surface area contributed by atoms with Crippen LogP contribution in [0.4, 0.5) is 4.39 Å². The number of likely N-dealkylation sites (tertiary alicyclic amines) is 1. The summed E-state index contributed by atoms with van der Waals surface area (Å²) < 4.78 is 24.4. The van der Waals surface area contributed by atoms with Crippen molar-refractivity contribution in [3.8, 4) is 5.75 Å². The number of amides is 1. The quantitative estimate of drug-likeness (QED) is 0.703. The van der Waals surface area contributed by atoms with Crippen molar-refractivity contribution in [3.05, 3.63) is 30.1 Å². The van der Waals surface area contributed by atoms with Gasteiger partial charge in [-0.3, -0.25) is 4.79 Å². The minimum atomic E-state index is -0.224. The van der Waals surface area contributed by atoms with Crippen LogP contribution in [0.1, 0.15) is 57.8 Å². The van der Waals surface area contributed by atoms with Crippen molar-refractivity contribution in [3.63, 3.8) is 0 Å². The second-order valence-electron chi connectivity index (χ2n) is 9.51. The highest BCUT2D eigenvalue weighted by molar-refractivity contribution is 5.79. The van der Waals surface area contributed by atoms with Crippen molar-refractivity contribution in [2.24, 2.45) is 11.8 Å². The second kappa shape index (κ2) is 11.3. The molecule has 6 heteroatoms. The Labute approximate surface area is 185 Å². The molecular weight excluding hydrogens is 395 g/mol. The molecule has 1 saturated carbocycles. The molecule has 0 spiro atoms. The molecule has 0 atom stereocenters. The minimum Gasteiger partial charge on any atom is -0.490 e. The van der Waals surface area contributed by atoms with Crippen LogP contribution >= 0.6 is 0 Å². The maximum absolute atomic E-state index is 13.0. The molecule has 1 aromatic rings. The Morgan fingerprint density at radius 2 is 1.68 bits per heavy atom. The van der Waals surface area contributed by atoms with Gasteiger partial charge in [-0.15, -0.1) is 0 Å². The Bertz CT molecular complexity index is 677. The van der Waals surface area contributed by atoms with Gasteiger partial charge in [0.1, 0.15) is 17.7 Å². The lowest BCUT2D eigenvalue weighted by atomic mass is 9.83. The average Bonchev–Trinajstić information content (AvgIpc) is 2.81. The Morgan fingerprint density at radius 3 is 2.35 bits per heavy atom. The Hall–Kier alpha value is -1.66. The number of hydrogen-bond donors (Lipinski definition) is 1. The molecule has 2 saturated heterocycles. The molecular formula is C25H37FN2O3. The van der Waals surface area contributed by atoms with Crippen molar-refractivity contribution in [2.75, 3.05) is 32.8 Å². The predicted octanol–water partition coefficient (Wildman–Crippen LogP) is 4.16. The van der Waals surface area contributed by atoms with Gasteiger partial charge in [0.15, 0.2) is 0 Å². The molecule has 3 aliphatic rings. The van der Waals surface area contributed by atoms with Gasteiger partial charge in [0.25, 0.3) is 0 Å². The summed E-state index contributed by atoms with van der Waals surface area (Å²) in [7, 11) is 0. The van der Waals surface area contributed by atoms with E-state index in [1.807, 2.05) is 0 Å². The number of rotatable bonds is 7. The molecule has 1 N–H and O–H groups in total. The summed E-state index contributed by atoms with van der Waals surface area (Å²) in [6.07, 6.45) is 9.97. The van der Waals surface area contributed by atoms with Crippen LogP contribution in [-0.2, 0) is 9.53 Å². The van der Waals surface area contributed by atoms with Gasteiger partial charge in [-0.2, -0.15) is 0 Å². The first kappa shape index (κ1) is 22.5. The molecule has 2 aliphatic heterocycles. The van der Waals surface area contributed by atoms with E-state index >= 15 is 0 Å². The van der Waals surface area contributed by atoms with E-state index < -0.39 is 0 Å². The Balaban J connectivity index is 1.09. The van der Waals surface area contributed by atoms with Crippen molar-refractivity contribution in [1.82, 2.24) is 10.2 Å². The lowest BCUT2D eigenvalue weighted by Crippen LogP contribution is -2.43. The first-order chi connectivity index (χ1) is 15.2. The van der Waals surface area contributed by atoms with Crippen LogP contribution in [0.15, 0.2) is 24.3 Å². The lowest BCUT2D eigenvalue weighted by Gasteiger charge is -2.35. The molecule has 0 aromatic heterocycles. The van der Waals surface area contributed by atoms with Crippen molar-refractivity contribution >= 4 is 5.91 Å². The summed E-state index contributed by atoms with van der Waals surface area (Å²) in [6.45, 7) is 4.75. The smallest absolute Gasteiger partial charge is 0.223 e. The van der Waals surface area contributed by atoms with Crippen molar-refractivity contribution in [1.29, 1.82) is 0 Å². The normalized spacial score (nSPS) is 26.5. The number of ether oxygens (including phenoxy) is 2. The van der Waals surface area contributed by atoms with E-state index in [2.05, 4.69) is 10.2 Å². The number of piperidine rings is 1. The zero-order valence-electron chi connectivity index (χ0n) is 18.6. The number of nitrogens with zero attached hydrogens (tertiary/aromatic N) is 1. The fourth-order valence-corrected chi connectivity index (χ4v) is 5.20. The second-order valence-corrected chi connectivity index (χ2v) is 9.51. The third kappa shape index (κ3) is 6.91. The third-order valence-electron chi connectivity index (χ3n) is 7.29. The summed E-state index contributed by atoms with van der Waals surface area (Å²) in [6, 6.07) is 6.70. The van der Waals surface area contributed by atoms with E-state index in [0.29, 0.717) is 6.04 Å². The van der Waals surface area contributed by atoms with E-state index in [4.69, 9.17) is 9.47 Å². The van der Waals surface area contributed by atoms with E-state index in [1.165, 1.54) is 31.4 Å². The first-order valence-electron chi connectivity index (χ1n) is 12.2. The number of benzene rings is 1. The molecule has 1 aliphatic carbocycles. The third-order valence-corrected chi connectivity index (χ3v) is 7.29. The fraction of sp³-hybridized carbons (Fsp3) is 0.720. The standard InChI is InChI=1S/C25H37FN2O3/c26-21-3-7-23(8-4-21)31-24-10-15-28(16-11-24)14-9-19-1-5-22(6-2-19)27-25(29)20-12-17-30-18-13-20/h3-4,7-8,19-20,22,24H,1-2,5-6,9-18H2,(H,27,29). The van der Waals surface area contributed by atoms with Gasteiger partial charge in [0.2, 0.25) is 5.91 Å². The maximum Gasteiger partial charge on any atom is 0.223 e. The van der Waals surface area contributed by atoms with Crippen LogP contribution in [0.3, 0.4) is 0 Å². The summed E-state index contributed by atoms with van der Waals surface area (Å²) in [5, 5.41) is 3.30. The zero-order chi connectivity index (χ0) is 21.5. The number of carbonyl (C=O) groups is 1. The monoisotopic (exact) mass is 432 g/mol. The molecule has 31 heavy (non-hydrogen) atoms. The topological polar surface area (TPSA) is 50.8 Å².